The lowest BCUT2D eigenvalue weighted by Crippen LogP contribution is -2.35. The van der Waals surface area contributed by atoms with Crippen molar-refractivity contribution in [1.29, 1.82) is 0 Å². The Morgan fingerprint density at radius 3 is 2.95 bits per heavy atom. The van der Waals surface area contributed by atoms with Gasteiger partial charge in [-0.15, -0.1) is 0 Å². The summed E-state index contributed by atoms with van der Waals surface area (Å²) < 4.78 is 11.1. The summed E-state index contributed by atoms with van der Waals surface area (Å²) in [6, 6.07) is 3.65. The average molecular weight is 308 g/mol. The van der Waals surface area contributed by atoms with Gasteiger partial charge in [-0.1, -0.05) is 0 Å². The smallest absolute Gasteiger partial charge is 0.248 e. The minimum atomic E-state index is -0.593. The molecule has 0 aliphatic carbocycles. The van der Waals surface area contributed by atoms with Gasteiger partial charge in [0.15, 0.2) is 0 Å². The Kier molecular flexibility index (Phi) is 6.15. The summed E-state index contributed by atoms with van der Waals surface area (Å²) in [5.41, 5.74) is 0.795. The van der Waals surface area contributed by atoms with Crippen LogP contribution in [0.15, 0.2) is 18.3 Å². The molecule has 0 radical (unpaired) electrons. The summed E-state index contributed by atoms with van der Waals surface area (Å²) in [5, 5.41) is 10.3. The standard InChI is InChI=1S/C16H24N2O4/c1-3-21-11-16(20)18-9-6-13(19)15(7-10-18)22-14-5-4-8-17-12(14)2/h4-5,8,13,15,19H,3,6-7,9-11H2,1-2H3/t13-,15-/m0/s1. The van der Waals surface area contributed by atoms with E-state index < -0.39 is 6.10 Å². The number of aromatic nitrogens is 1. The lowest BCUT2D eigenvalue weighted by molar-refractivity contribution is -0.136. The van der Waals surface area contributed by atoms with Gasteiger partial charge in [0.25, 0.3) is 0 Å². The van der Waals surface area contributed by atoms with Crippen molar-refractivity contribution in [2.75, 3.05) is 26.3 Å². The van der Waals surface area contributed by atoms with Crippen LogP contribution in [0, 0.1) is 6.92 Å². The zero-order chi connectivity index (χ0) is 15.9. The van der Waals surface area contributed by atoms with E-state index >= 15 is 0 Å². The zero-order valence-electron chi connectivity index (χ0n) is 13.2. The van der Waals surface area contributed by atoms with E-state index in [0.717, 1.165) is 5.69 Å². The highest BCUT2D eigenvalue weighted by Gasteiger charge is 2.28. The summed E-state index contributed by atoms with van der Waals surface area (Å²) in [5.74, 6) is 0.646. The van der Waals surface area contributed by atoms with Gasteiger partial charge in [0.05, 0.1) is 11.8 Å². The molecule has 1 aromatic heterocycles. The fraction of sp³-hybridized carbons (Fsp3) is 0.625. The first-order valence-corrected chi connectivity index (χ1v) is 7.73. The second-order valence-electron chi connectivity index (χ2n) is 5.41. The van der Waals surface area contributed by atoms with E-state index in [9.17, 15) is 9.90 Å². The molecule has 1 amide bonds. The first-order valence-electron chi connectivity index (χ1n) is 7.73. The molecule has 2 rings (SSSR count). The molecule has 22 heavy (non-hydrogen) atoms. The van der Waals surface area contributed by atoms with Gasteiger partial charge in [-0.25, -0.2) is 0 Å². The monoisotopic (exact) mass is 308 g/mol. The average Bonchev–Trinajstić information content (AvgIpc) is 2.70. The maximum absolute atomic E-state index is 12.0. The molecule has 1 saturated heterocycles. The minimum absolute atomic E-state index is 0.0349. The van der Waals surface area contributed by atoms with Crippen molar-refractivity contribution in [1.82, 2.24) is 9.88 Å². The van der Waals surface area contributed by atoms with E-state index in [1.165, 1.54) is 0 Å². The number of amides is 1. The van der Waals surface area contributed by atoms with Crippen LogP contribution in [-0.2, 0) is 9.53 Å². The third-order valence-corrected chi connectivity index (χ3v) is 3.83. The molecular weight excluding hydrogens is 284 g/mol. The van der Waals surface area contributed by atoms with Gasteiger partial charge in [0, 0.05) is 32.3 Å². The first kappa shape index (κ1) is 16.7. The molecule has 1 N–H and O–H groups in total. The van der Waals surface area contributed by atoms with E-state index in [-0.39, 0.29) is 18.6 Å². The Morgan fingerprint density at radius 2 is 2.23 bits per heavy atom. The lowest BCUT2D eigenvalue weighted by atomic mass is 10.1. The van der Waals surface area contributed by atoms with Crippen LogP contribution < -0.4 is 4.74 Å². The molecule has 2 heterocycles. The number of pyridine rings is 1. The lowest BCUT2D eigenvalue weighted by Gasteiger charge is -2.22. The SMILES string of the molecule is CCOCC(=O)N1CC[C@H](Oc2cccnc2C)[C@@H](O)CC1. The molecule has 0 bridgehead atoms. The molecule has 0 saturated carbocycles. The summed E-state index contributed by atoms with van der Waals surface area (Å²) >= 11 is 0. The van der Waals surface area contributed by atoms with Gasteiger partial charge in [-0.3, -0.25) is 9.78 Å². The minimum Gasteiger partial charge on any atom is -0.486 e. The number of aryl methyl sites for hydroxylation is 1. The number of hydrogen-bond donors (Lipinski definition) is 1. The normalized spacial score (nSPS) is 22.2. The topological polar surface area (TPSA) is 71.9 Å². The van der Waals surface area contributed by atoms with Crippen molar-refractivity contribution in [3.63, 3.8) is 0 Å². The number of carbonyl (C=O) groups is 1. The predicted molar refractivity (Wildman–Crippen MR) is 81.7 cm³/mol. The highest BCUT2D eigenvalue weighted by molar-refractivity contribution is 5.77. The van der Waals surface area contributed by atoms with Crippen molar-refractivity contribution in [2.24, 2.45) is 0 Å². The Balaban J connectivity index is 1.95. The maximum Gasteiger partial charge on any atom is 0.248 e. The van der Waals surface area contributed by atoms with Crippen molar-refractivity contribution in [2.45, 2.75) is 38.9 Å². The van der Waals surface area contributed by atoms with E-state index in [1.807, 2.05) is 26.0 Å². The predicted octanol–water partition coefficient (Wildman–Crippen LogP) is 1.16. The number of carbonyl (C=O) groups excluding carboxylic acids is 1. The Morgan fingerprint density at radius 1 is 1.45 bits per heavy atom. The van der Waals surface area contributed by atoms with Gasteiger partial charge in [0.2, 0.25) is 5.91 Å². The fourth-order valence-corrected chi connectivity index (χ4v) is 2.49. The molecular formula is C16H24N2O4. The Bertz CT molecular complexity index is 495. The van der Waals surface area contributed by atoms with Gasteiger partial charge >= 0.3 is 0 Å². The highest BCUT2D eigenvalue weighted by atomic mass is 16.5. The molecule has 0 unspecified atom stereocenters. The summed E-state index contributed by atoms with van der Waals surface area (Å²) in [4.78, 5) is 17.9. The van der Waals surface area contributed by atoms with Crippen LogP contribution in [0.2, 0.25) is 0 Å². The third kappa shape index (κ3) is 4.42. The van der Waals surface area contributed by atoms with Gasteiger partial charge in [-0.05, 0) is 32.4 Å². The van der Waals surface area contributed by atoms with E-state index in [1.54, 1.807) is 11.1 Å². The maximum atomic E-state index is 12.0. The van der Waals surface area contributed by atoms with Crippen molar-refractivity contribution in [3.8, 4) is 5.75 Å². The van der Waals surface area contributed by atoms with Crippen LogP contribution in [0.3, 0.4) is 0 Å². The van der Waals surface area contributed by atoms with Crippen LogP contribution in [0.4, 0.5) is 0 Å². The fourth-order valence-electron chi connectivity index (χ4n) is 2.49. The van der Waals surface area contributed by atoms with Gasteiger partial charge in [0.1, 0.15) is 18.5 Å². The van der Waals surface area contributed by atoms with Gasteiger partial charge < -0.3 is 19.5 Å². The van der Waals surface area contributed by atoms with Crippen LogP contribution in [0.1, 0.15) is 25.5 Å². The molecule has 6 heteroatoms. The number of hydrogen-bond acceptors (Lipinski definition) is 5. The van der Waals surface area contributed by atoms with Crippen LogP contribution in [0.5, 0.6) is 5.75 Å². The van der Waals surface area contributed by atoms with Crippen LogP contribution >= 0.6 is 0 Å². The van der Waals surface area contributed by atoms with E-state index in [4.69, 9.17) is 9.47 Å². The summed E-state index contributed by atoms with van der Waals surface area (Å²) in [6.45, 7) is 5.44. The first-order chi connectivity index (χ1) is 10.6. The summed E-state index contributed by atoms with van der Waals surface area (Å²) in [6.07, 6.45) is 1.88. The highest BCUT2D eigenvalue weighted by Crippen LogP contribution is 2.21. The largest absolute Gasteiger partial charge is 0.486 e. The quantitative estimate of drug-likeness (QED) is 0.883. The van der Waals surface area contributed by atoms with E-state index in [0.29, 0.717) is 38.3 Å². The van der Waals surface area contributed by atoms with Crippen LogP contribution in [0.25, 0.3) is 0 Å². The number of nitrogens with zero attached hydrogens (tertiary/aromatic N) is 2. The van der Waals surface area contributed by atoms with Crippen LogP contribution in [-0.4, -0.2) is 59.4 Å². The Labute approximate surface area is 131 Å². The molecule has 1 aliphatic rings. The molecule has 0 spiro atoms. The van der Waals surface area contributed by atoms with Crippen molar-refractivity contribution in [3.05, 3.63) is 24.0 Å². The molecule has 122 valence electrons. The molecule has 1 aromatic rings. The van der Waals surface area contributed by atoms with Crippen molar-refractivity contribution < 1.29 is 19.4 Å². The number of aliphatic hydroxyl groups excluding tert-OH is 1. The van der Waals surface area contributed by atoms with Gasteiger partial charge in [-0.2, -0.15) is 0 Å². The number of likely N-dealkylation sites (tertiary alicyclic amines) is 1. The second-order valence-corrected chi connectivity index (χ2v) is 5.41. The molecule has 1 aliphatic heterocycles. The Hall–Kier alpha value is -1.66. The van der Waals surface area contributed by atoms with Crippen molar-refractivity contribution >= 4 is 5.91 Å². The molecule has 2 atom stereocenters. The number of ether oxygens (including phenoxy) is 2. The molecule has 6 nitrogen and oxygen atoms in total. The number of rotatable bonds is 5. The second kappa shape index (κ2) is 8.10. The van der Waals surface area contributed by atoms with E-state index in [2.05, 4.69) is 4.98 Å². The number of aliphatic hydroxyl groups is 1. The summed E-state index contributed by atoms with van der Waals surface area (Å²) in [7, 11) is 0. The third-order valence-electron chi connectivity index (χ3n) is 3.83. The molecule has 0 aromatic carbocycles. The zero-order valence-corrected chi connectivity index (χ0v) is 13.2. The molecule has 1 fully saturated rings.